The number of amides is 2. The summed E-state index contributed by atoms with van der Waals surface area (Å²) in [6, 6.07) is 13.4. The van der Waals surface area contributed by atoms with E-state index in [0.717, 1.165) is 35.6 Å². The molecule has 0 aromatic heterocycles. The molecule has 0 spiro atoms. The second kappa shape index (κ2) is 8.92. The first-order chi connectivity index (χ1) is 13.9. The second-order valence-corrected chi connectivity index (χ2v) is 7.53. The van der Waals surface area contributed by atoms with Crippen LogP contribution in [0.15, 0.2) is 48.2 Å². The first-order valence-electron chi connectivity index (χ1n) is 9.84. The number of hydrogen-bond donors (Lipinski definition) is 3. The van der Waals surface area contributed by atoms with Gasteiger partial charge in [-0.25, -0.2) is 0 Å². The molecule has 1 aliphatic heterocycles. The van der Waals surface area contributed by atoms with Gasteiger partial charge in [-0.15, -0.1) is 0 Å². The van der Waals surface area contributed by atoms with Gasteiger partial charge in [0.05, 0.1) is 5.57 Å². The fourth-order valence-corrected chi connectivity index (χ4v) is 3.36. The normalized spacial score (nSPS) is 14.4. The van der Waals surface area contributed by atoms with E-state index in [1.54, 1.807) is 18.2 Å². The van der Waals surface area contributed by atoms with Crippen molar-refractivity contribution in [1.29, 1.82) is 0 Å². The zero-order chi connectivity index (χ0) is 21.0. The first kappa shape index (κ1) is 20.6. The molecule has 0 saturated carbocycles. The van der Waals surface area contributed by atoms with Crippen molar-refractivity contribution in [2.75, 3.05) is 31.3 Å². The molecule has 1 aliphatic rings. The van der Waals surface area contributed by atoms with Crippen LogP contribution < -0.4 is 16.0 Å². The Kier molecular flexibility index (Phi) is 6.34. The summed E-state index contributed by atoms with van der Waals surface area (Å²) in [4.78, 5) is 27.0. The third-order valence-electron chi connectivity index (χ3n) is 4.72. The molecule has 2 aromatic rings. The summed E-state index contributed by atoms with van der Waals surface area (Å²) < 4.78 is 0. The zero-order valence-corrected chi connectivity index (χ0v) is 17.4. The Morgan fingerprint density at radius 3 is 2.48 bits per heavy atom. The Balaban J connectivity index is 1.85. The number of hydrogen-bond acceptors (Lipinski definition) is 4. The highest BCUT2D eigenvalue weighted by molar-refractivity contribution is 6.32. The van der Waals surface area contributed by atoms with Crippen LogP contribution in [0.3, 0.4) is 0 Å². The zero-order valence-electron chi connectivity index (χ0n) is 17.4. The van der Waals surface area contributed by atoms with Gasteiger partial charge < -0.3 is 20.9 Å². The van der Waals surface area contributed by atoms with Crippen molar-refractivity contribution in [3.05, 3.63) is 64.9 Å². The van der Waals surface area contributed by atoms with Gasteiger partial charge in [0.1, 0.15) is 0 Å². The maximum absolute atomic E-state index is 12.6. The first-order valence-corrected chi connectivity index (χ1v) is 9.84. The van der Waals surface area contributed by atoms with E-state index in [-0.39, 0.29) is 11.8 Å². The summed E-state index contributed by atoms with van der Waals surface area (Å²) in [5.41, 5.74) is 5.45. The number of fused-ring (bicyclic) bond motifs is 1. The van der Waals surface area contributed by atoms with Gasteiger partial charge in [0, 0.05) is 41.3 Å². The van der Waals surface area contributed by atoms with Gasteiger partial charge >= 0.3 is 0 Å². The number of carbonyl (C=O) groups is 2. The molecule has 0 unspecified atom stereocenters. The summed E-state index contributed by atoms with van der Waals surface area (Å²) in [6.07, 6.45) is 0.873. The number of rotatable bonds is 7. The highest BCUT2D eigenvalue weighted by Gasteiger charge is 2.27. The Morgan fingerprint density at radius 1 is 1.10 bits per heavy atom. The lowest BCUT2D eigenvalue weighted by molar-refractivity contribution is -0.110. The van der Waals surface area contributed by atoms with Crippen LogP contribution in [-0.4, -0.2) is 37.4 Å². The predicted molar refractivity (Wildman–Crippen MR) is 118 cm³/mol. The van der Waals surface area contributed by atoms with Gasteiger partial charge in [0.25, 0.3) is 11.8 Å². The Hall–Kier alpha value is -3.12. The van der Waals surface area contributed by atoms with Gasteiger partial charge in [-0.3, -0.25) is 9.59 Å². The topological polar surface area (TPSA) is 73.5 Å². The Morgan fingerprint density at radius 2 is 1.83 bits per heavy atom. The molecular formula is C23H28N4O2. The molecule has 2 amide bonds. The lowest BCUT2D eigenvalue weighted by Crippen LogP contribution is -2.23. The van der Waals surface area contributed by atoms with Gasteiger partial charge in [0.2, 0.25) is 0 Å². The largest absolute Gasteiger partial charge is 0.358 e. The van der Waals surface area contributed by atoms with E-state index in [1.165, 1.54) is 5.56 Å². The van der Waals surface area contributed by atoms with E-state index in [4.69, 9.17) is 0 Å². The summed E-state index contributed by atoms with van der Waals surface area (Å²) in [5.74, 6) is -0.296. The number of allylic oxidation sites excluding steroid dienone is 1. The molecule has 2 aromatic carbocycles. The van der Waals surface area contributed by atoms with Crippen molar-refractivity contribution in [3.8, 4) is 0 Å². The molecule has 6 heteroatoms. The predicted octanol–water partition coefficient (Wildman–Crippen LogP) is 3.68. The minimum atomic E-state index is -0.166. The van der Waals surface area contributed by atoms with E-state index < -0.39 is 0 Å². The molecule has 0 fully saturated rings. The highest BCUT2D eigenvalue weighted by atomic mass is 16.2. The monoisotopic (exact) mass is 392 g/mol. The summed E-state index contributed by atoms with van der Waals surface area (Å²) >= 11 is 0. The molecule has 3 N–H and O–H groups in total. The molecule has 3 rings (SSSR count). The van der Waals surface area contributed by atoms with E-state index in [9.17, 15) is 9.59 Å². The van der Waals surface area contributed by atoms with Crippen molar-refractivity contribution in [1.82, 2.24) is 10.2 Å². The Labute approximate surface area is 172 Å². The minimum Gasteiger partial charge on any atom is -0.358 e. The lowest BCUT2D eigenvalue weighted by atomic mass is 10.0. The standard InChI is InChI=1S/C23H28N4O2/c1-5-12-24-22(28)17-8-11-20-19(13-17)21(23(29)26-20)15(2)25-18-9-6-16(7-10-18)14-27(3)4/h6-11,13,25H,5,12,14H2,1-4H3,(H,24,28)(H,26,29)/b21-15-. The second-order valence-electron chi connectivity index (χ2n) is 7.53. The van der Waals surface area contributed by atoms with Crippen LogP contribution in [0.5, 0.6) is 0 Å². The third-order valence-corrected chi connectivity index (χ3v) is 4.72. The van der Waals surface area contributed by atoms with Crippen molar-refractivity contribution in [3.63, 3.8) is 0 Å². The van der Waals surface area contributed by atoms with E-state index in [2.05, 4.69) is 33.0 Å². The molecule has 0 aliphatic carbocycles. The van der Waals surface area contributed by atoms with Crippen molar-refractivity contribution in [2.45, 2.75) is 26.8 Å². The smallest absolute Gasteiger partial charge is 0.258 e. The lowest BCUT2D eigenvalue weighted by Gasteiger charge is -2.13. The minimum absolute atomic E-state index is 0.129. The third kappa shape index (κ3) is 4.84. The average molecular weight is 393 g/mol. The molecule has 0 saturated heterocycles. The van der Waals surface area contributed by atoms with Gasteiger partial charge in [-0.05, 0) is 63.3 Å². The van der Waals surface area contributed by atoms with Gasteiger partial charge in [-0.2, -0.15) is 0 Å². The number of nitrogens with one attached hydrogen (secondary N) is 3. The van der Waals surface area contributed by atoms with Crippen LogP contribution in [0.25, 0.3) is 5.57 Å². The highest BCUT2D eigenvalue weighted by Crippen LogP contribution is 2.34. The van der Waals surface area contributed by atoms with Crippen LogP contribution in [0, 0.1) is 0 Å². The fraction of sp³-hybridized carbons (Fsp3) is 0.304. The van der Waals surface area contributed by atoms with Gasteiger partial charge in [-0.1, -0.05) is 19.1 Å². The molecule has 0 atom stereocenters. The summed E-state index contributed by atoms with van der Waals surface area (Å²) in [5, 5.41) is 9.08. The van der Waals surface area contributed by atoms with E-state index >= 15 is 0 Å². The molecule has 1 heterocycles. The molecule has 152 valence electrons. The van der Waals surface area contributed by atoms with Crippen LogP contribution in [0.1, 0.15) is 41.8 Å². The summed E-state index contributed by atoms with van der Waals surface area (Å²) in [7, 11) is 4.07. The van der Waals surface area contributed by atoms with Crippen molar-refractivity contribution >= 4 is 28.8 Å². The fourth-order valence-electron chi connectivity index (χ4n) is 3.36. The summed E-state index contributed by atoms with van der Waals surface area (Å²) in [6.45, 7) is 5.38. The van der Waals surface area contributed by atoms with Crippen LogP contribution in [-0.2, 0) is 11.3 Å². The van der Waals surface area contributed by atoms with Crippen LogP contribution in [0.2, 0.25) is 0 Å². The molecule has 0 bridgehead atoms. The maximum atomic E-state index is 12.6. The van der Waals surface area contributed by atoms with Crippen LogP contribution in [0.4, 0.5) is 11.4 Å². The number of benzene rings is 2. The molecule has 6 nitrogen and oxygen atoms in total. The number of anilines is 2. The quantitative estimate of drug-likeness (QED) is 0.629. The average Bonchev–Trinajstić information content (AvgIpc) is 3.02. The number of carbonyl (C=O) groups excluding carboxylic acids is 2. The van der Waals surface area contributed by atoms with E-state index in [0.29, 0.717) is 17.7 Å². The van der Waals surface area contributed by atoms with Gasteiger partial charge in [0.15, 0.2) is 0 Å². The van der Waals surface area contributed by atoms with Crippen molar-refractivity contribution in [2.24, 2.45) is 0 Å². The maximum Gasteiger partial charge on any atom is 0.258 e. The molecular weight excluding hydrogens is 364 g/mol. The SMILES string of the molecule is CCCNC(=O)c1ccc2c(c1)/C(=C(\C)Nc1ccc(CN(C)C)cc1)C(=O)N2. The van der Waals surface area contributed by atoms with E-state index in [1.807, 2.05) is 40.1 Å². The Bertz CT molecular complexity index is 946. The van der Waals surface area contributed by atoms with Crippen molar-refractivity contribution < 1.29 is 9.59 Å². The molecule has 29 heavy (non-hydrogen) atoms. The van der Waals surface area contributed by atoms with Crippen LogP contribution >= 0.6 is 0 Å². The number of nitrogens with zero attached hydrogens (tertiary/aromatic N) is 1. The molecule has 0 radical (unpaired) electrons.